The van der Waals surface area contributed by atoms with E-state index in [1.54, 1.807) is 12.1 Å². The molecule has 0 atom stereocenters. The minimum absolute atomic E-state index is 0.100. The molecule has 2 aromatic carbocycles. The van der Waals surface area contributed by atoms with Crippen LogP contribution in [-0.2, 0) is 6.61 Å². The van der Waals surface area contributed by atoms with Gasteiger partial charge in [0.2, 0.25) is 0 Å². The van der Waals surface area contributed by atoms with Crippen LogP contribution in [0.1, 0.15) is 11.1 Å². The second-order valence-electron chi connectivity index (χ2n) is 4.37. The van der Waals surface area contributed by atoms with Crippen molar-refractivity contribution in [3.63, 3.8) is 0 Å². The number of nitro groups is 1. The highest BCUT2D eigenvalue weighted by atomic mass is 16.6. The Hall–Kier alpha value is -2.56. The number of ether oxygens (including phenoxy) is 2. The van der Waals surface area contributed by atoms with Crippen molar-refractivity contribution >= 4 is 5.69 Å². The maximum absolute atomic E-state index is 11.0. The van der Waals surface area contributed by atoms with Crippen LogP contribution in [0, 0.1) is 17.0 Å². The lowest BCUT2D eigenvalue weighted by Gasteiger charge is -2.08. The summed E-state index contributed by atoms with van der Waals surface area (Å²) in [5.74, 6) is 0.663. The van der Waals surface area contributed by atoms with Crippen LogP contribution in [-0.4, -0.2) is 12.0 Å². The first-order valence-electron chi connectivity index (χ1n) is 6.11. The van der Waals surface area contributed by atoms with Gasteiger partial charge in [0.05, 0.1) is 18.1 Å². The molecule has 0 unspecified atom stereocenters. The first kappa shape index (κ1) is 13.9. The number of rotatable bonds is 5. The highest BCUT2D eigenvalue weighted by Crippen LogP contribution is 2.31. The van der Waals surface area contributed by atoms with E-state index in [0.717, 1.165) is 11.1 Å². The molecular weight excluding hydrogens is 258 g/mol. The van der Waals surface area contributed by atoms with Gasteiger partial charge in [0, 0.05) is 0 Å². The van der Waals surface area contributed by atoms with E-state index < -0.39 is 4.92 Å². The number of nitro benzene ring substituents is 1. The van der Waals surface area contributed by atoms with Crippen LogP contribution in [0.3, 0.4) is 0 Å². The molecular formula is C15H15NO4. The largest absolute Gasteiger partial charge is 0.496 e. The molecule has 104 valence electrons. The van der Waals surface area contributed by atoms with Crippen molar-refractivity contribution in [2.75, 3.05) is 7.11 Å². The number of methoxy groups -OCH3 is 1. The number of hydrogen-bond acceptors (Lipinski definition) is 4. The summed E-state index contributed by atoms with van der Waals surface area (Å²) in [6, 6.07) is 12.4. The predicted octanol–water partition coefficient (Wildman–Crippen LogP) is 3.49. The molecule has 0 bridgehead atoms. The third-order valence-corrected chi connectivity index (χ3v) is 2.88. The fourth-order valence-electron chi connectivity index (χ4n) is 1.73. The maximum atomic E-state index is 11.0. The van der Waals surface area contributed by atoms with Crippen LogP contribution in [0.15, 0.2) is 42.5 Å². The third kappa shape index (κ3) is 3.26. The quantitative estimate of drug-likeness (QED) is 0.618. The van der Waals surface area contributed by atoms with Crippen molar-refractivity contribution in [2.24, 2.45) is 0 Å². The zero-order valence-electron chi connectivity index (χ0n) is 11.3. The summed E-state index contributed by atoms with van der Waals surface area (Å²) in [6.45, 7) is 2.28. The molecule has 2 rings (SSSR count). The van der Waals surface area contributed by atoms with Crippen LogP contribution < -0.4 is 9.47 Å². The normalized spacial score (nSPS) is 10.1. The van der Waals surface area contributed by atoms with Gasteiger partial charge in [0.1, 0.15) is 12.4 Å². The van der Waals surface area contributed by atoms with Gasteiger partial charge in [0.25, 0.3) is 0 Å². The van der Waals surface area contributed by atoms with E-state index in [1.807, 2.05) is 31.2 Å². The molecule has 20 heavy (non-hydrogen) atoms. The van der Waals surface area contributed by atoms with Crippen molar-refractivity contribution in [1.29, 1.82) is 0 Å². The first-order valence-corrected chi connectivity index (χ1v) is 6.11. The van der Waals surface area contributed by atoms with Crippen LogP contribution in [0.5, 0.6) is 11.5 Å². The second-order valence-corrected chi connectivity index (χ2v) is 4.37. The van der Waals surface area contributed by atoms with E-state index in [9.17, 15) is 10.1 Å². The number of nitrogens with zero attached hydrogens (tertiary/aromatic N) is 1. The Morgan fingerprint density at radius 1 is 1.15 bits per heavy atom. The molecule has 0 aliphatic heterocycles. The van der Waals surface area contributed by atoms with Crippen molar-refractivity contribution in [2.45, 2.75) is 13.5 Å². The number of benzene rings is 2. The topological polar surface area (TPSA) is 61.6 Å². The van der Waals surface area contributed by atoms with Crippen LogP contribution >= 0.6 is 0 Å². The second kappa shape index (κ2) is 6.06. The molecule has 5 heteroatoms. The lowest BCUT2D eigenvalue weighted by atomic mass is 10.2. The summed E-state index contributed by atoms with van der Waals surface area (Å²) >= 11 is 0. The van der Waals surface area contributed by atoms with E-state index in [4.69, 9.17) is 9.47 Å². The van der Waals surface area contributed by atoms with E-state index >= 15 is 0 Å². The molecule has 5 nitrogen and oxygen atoms in total. The van der Waals surface area contributed by atoms with Crippen molar-refractivity contribution in [3.8, 4) is 11.5 Å². The summed E-state index contributed by atoms with van der Waals surface area (Å²) in [5, 5.41) is 11.0. The lowest BCUT2D eigenvalue weighted by Crippen LogP contribution is -1.99. The lowest BCUT2D eigenvalue weighted by molar-refractivity contribution is -0.386. The molecule has 0 spiro atoms. The van der Waals surface area contributed by atoms with Crippen molar-refractivity contribution in [3.05, 3.63) is 63.7 Å². The van der Waals surface area contributed by atoms with E-state index in [1.165, 1.54) is 13.2 Å². The highest BCUT2D eigenvalue weighted by molar-refractivity contribution is 5.51. The van der Waals surface area contributed by atoms with Gasteiger partial charge in [-0.25, -0.2) is 0 Å². The molecule has 0 aliphatic rings. The Labute approximate surface area is 116 Å². The summed E-state index contributed by atoms with van der Waals surface area (Å²) in [7, 11) is 1.46. The van der Waals surface area contributed by atoms with Crippen molar-refractivity contribution < 1.29 is 14.4 Å². The van der Waals surface area contributed by atoms with Crippen molar-refractivity contribution in [1.82, 2.24) is 0 Å². The van der Waals surface area contributed by atoms with Gasteiger partial charge in [-0.2, -0.15) is 0 Å². The zero-order valence-corrected chi connectivity index (χ0v) is 11.3. The molecule has 0 fully saturated rings. The number of hydrogen-bond donors (Lipinski definition) is 0. The molecule has 0 heterocycles. The molecule has 0 saturated heterocycles. The minimum atomic E-state index is -0.479. The van der Waals surface area contributed by atoms with Gasteiger partial charge in [-0.15, -0.1) is 0 Å². The summed E-state index contributed by atoms with van der Waals surface area (Å²) < 4.78 is 10.5. The molecule has 0 saturated carbocycles. The summed E-state index contributed by atoms with van der Waals surface area (Å²) in [4.78, 5) is 10.5. The Balaban J connectivity index is 2.16. The van der Waals surface area contributed by atoms with Gasteiger partial charge >= 0.3 is 5.69 Å². The van der Waals surface area contributed by atoms with E-state index in [-0.39, 0.29) is 18.0 Å². The average molecular weight is 273 g/mol. The van der Waals surface area contributed by atoms with Gasteiger partial charge in [-0.1, -0.05) is 29.8 Å². The third-order valence-electron chi connectivity index (χ3n) is 2.88. The molecule has 0 aromatic heterocycles. The van der Waals surface area contributed by atoms with Gasteiger partial charge in [0.15, 0.2) is 5.75 Å². The first-order chi connectivity index (χ1) is 9.60. The fourth-order valence-corrected chi connectivity index (χ4v) is 1.73. The standard InChI is InChI=1S/C15H15NO4/c1-11-3-5-12(6-4-11)10-20-15-8-7-13(19-2)9-14(15)16(17)18/h3-9H,10H2,1-2H3. The van der Waals surface area contributed by atoms with E-state index in [0.29, 0.717) is 5.75 Å². The Bertz CT molecular complexity index is 608. The minimum Gasteiger partial charge on any atom is -0.496 e. The smallest absolute Gasteiger partial charge is 0.314 e. The van der Waals surface area contributed by atoms with Crippen LogP contribution in [0.4, 0.5) is 5.69 Å². The highest BCUT2D eigenvalue weighted by Gasteiger charge is 2.16. The average Bonchev–Trinajstić information content (AvgIpc) is 2.46. The molecule has 0 radical (unpaired) electrons. The van der Waals surface area contributed by atoms with Gasteiger partial charge in [-0.3, -0.25) is 10.1 Å². The Morgan fingerprint density at radius 3 is 2.45 bits per heavy atom. The molecule has 0 amide bonds. The monoisotopic (exact) mass is 273 g/mol. The SMILES string of the molecule is COc1ccc(OCc2ccc(C)cc2)c([N+](=O)[O-])c1. The Morgan fingerprint density at radius 2 is 1.85 bits per heavy atom. The summed E-state index contributed by atoms with van der Waals surface area (Å²) in [6.07, 6.45) is 0. The molecule has 0 aliphatic carbocycles. The maximum Gasteiger partial charge on any atom is 0.314 e. The summed E-state index contributed by atoms with van der Waals surface area (Å²) in [5.41, 5.74) is 2.02. The van der Waals surface area contributed by atoms with Crippen LogP contribution in [0.2, 0.25) is 0 Å². The van der Waals surface area contributed by atoms with Crippen LogP contribution in [0.25, 0.3) is 0 Å². The molecule has 2 aromatic rings. The number of aryl methyl sites for hydroxylation is 1. The van der Waals surface area contributed by atoms with Gasteiger partial charge in [-0.05, 0) is 24.6 Å². The molecule has 0 N–H and O–H groups in total. The predicted molar refractivity (Wildman–Crippen MR) is 75.2 cm³/mol. The van der Waals surface area contributed by atoms with Gasteiger partial charge < -0.3 is 9.47 Å². The fraction of sp³-hybridized carbons (Fsp3) is 0.200. The zero-order chi connectivity index (χ0) is 14.5. The Kier molecular flexibility index (Phi) is 4.20. The van der Waals surface area contributed by atoms with E-state index in [2.05, 4.69) is 0 Å².